The predicted octanol–water partition coefficient (Wildman–Crippen LogP) is 1.33. The molecule has 2 fully saturated rings. The van der Waals surface area contributed by atoms with E-state index in [1.54, 1.807) is 12.1 Å². The molecule has 5 nitrogen and oxygen atoms in total. The number of rotatable bonds is 3. The van der Waals surface area contributed by atoms with Gasteiger partial charge in [-0.25, -0.2) is 0 Å². The van der Waals surface area contributed by atoms with E-state index in [1.165, 1.54) is 0 Å². The zero-order chi connectivity index (χ0) is 16.4. The Morgan fingerprint density at radius 3 is 2.48 bits per heavy atom. The highest BCUT2D eigenvalue weighted by Crippen LogP contribution is 2.31. The van der Waals surface area contributed by atoms with Gasteiger partial charge in [-0.05, 0) is 42.9 Å². The number of halogens is 1. The van der Waals surface area contributed by atoms with E-state index in [4.69, 9.17) is 11.6 Å². The van der Waals surface area contributed by atoms with Crippen LogP contribution in [0.2, 0.25) is 5.02 Å². The minimum atomic E-state index is -0.518. The predicted molar refractivity (Wildman–Crippen MR) is 88.1 cm³/mol. The Balaban J connectivity index is 1.53. The Bertz CT molecular complexity index is 543. The van der Waals surface area contributed by atoms with E-state index in [0.717, 1.165) is 18.4 Å². The van der Waals surface area contributed by atoms with Crippen molar-refractivity contribution in [3.63, 3.8) is 0 Å². The molecule has 1 aromatic carbocycles. The molecule has 0 spiro atoms. The van der Waals surface area contributed by atoms with Crippen molar-refractivity contribution in [1.82, 2.24) is 10.2 Å². The zero-order valence-electron chi connectivity index (χ0n) is 13.0. The number of piperidine rings is 1. The summed E-state index contributed by atoms with van der Waals surface area (Å²) >= 11 is 5.88. The molecule has 0 aromatic heterocycles. The summed E-state index contributed by atoms with van der Waals surface area (Å²) in [6.07, 6.45) is 1.12. The van der Waals surface area contributed by atoms with Gasteiger partial charge in [0, 0.05) is 24.7 Å². The van der Waals surface area contributed by atoms with Crippen LogP contribution >= 0.6 is 11.6 Å². The van der Waals surface area contributed by atoms with E-state index in [2.05, 4.69) is 5.32 Å². The van der Waals surface area contributed by atoms with Gasteiger partial charge in [-0.2, -0.15) is 0 Å². The molecule has 3 atom stereocenters. The molecule has 2 aliphatic rings. The quantitative estimate of drug-likeness (QED) is 0.777. The van der Waals surface area contributed by atoms with Crippen LogP contribution in [0, 0.1) is 5.92 Å². The summed E-state index contributed by atoms with van der Waals surface area (Å²) in [5.74, 6) is 0.225. The SMILES string of the molecule is O=C(C1CC(O)CN1)N1CCC(C(O)c2ccc(Cl)cc2)CC1. The Kier molecular flexibility index (Phi) is 5.21. The van der Waals surface area contributed by atoms with Gasteiger partial charge in [0.1, 0.15) is 0 Å². The fourth-order valence-electron chi connectivity index (χ4n) is 3.49. The molecule has 0 saturated carbocycles. The lowest BCUT2D eigenvalue weighted by molar-refractivity contribution is -0.135. The first kappa shape index (κ1) is 16.7. The molecule has 3 rings (SSSR count). The molecular weight excluding hydrogens is 316 g/mol. The third kappa shape index (κ3) is 3.86. The van der Waals surface area contributed by atoms with Gasteiger partial charge in [0.25, 0.3) is 0 Å². The number of aliphatic hydroxyl groups excluding tert-OH is 2. The minimum absolute atomic E-state index is 0.0704. The highest BCUT2D eigenvalue weighted by molar-refractivity contribution is 6.30. The maximum atomic E-state index is 12.4. The molecule has 23 heavy (non-hydrogen) atoms. The van der Waals surface area contributed by atoms with E-state index >= 15 is 0 Å². The number of β-amino-alcohol motifs (C(OH)–C–C–N with tert-alkyl or cyclic N) is 1. The van der Waals surface area contributed by atoms with E-state index < -0.39 is 12.2 Å². The summed E-state index contributed by atoms with van der Waals surface area (Å²) in [5, 5.41) is 23.8. The van der Waals surface area contributed by atoms with Crippen molar-refractivity contribution in [2.24, 2.45) is 5.92 Å². The van der Waals surface area contributed by atoms with Crippen LogP contribution in [0.25, 0.3) is 0 Å². The van der Waals surface area contributed by atoms with Gasteiger partial charge >= 0.3 is 0 Å². The Morgan fingerprint density at radius 2 is 1.91 bits per heavy atom. The first-order valence-corrected chi connectivity index (χ1v) is 8.56. The second-order valence-corrected chi connectivity index (χ2v) is 6.95. The lowest BCUT2D eigenvalue weighted by Crippen LogP contribution is -2.47. The van der Waals surface area contributed by atoms with Gasteiger partial charge in [0.15, 0.2) is 0 Å². The summed E-state index contributed by atoms with van der Waals surface area (Å²) in [7, 11) is 0. The van der Waals surface area contributed by atoms with Gasteiger partial charge in [-0.15, -0.1) is 0 Å². The van der Waals surface area contributed by atoms with Crippen LogP contribution in [0.5, 0.6) is 0 Å². The van der Waals surface area contributed by atoms with E-state index in [0.29, 0.717) is 31.1 Å². The molecule has 2 aliphatic heterocycles. The first-order chi connectivity index (χ1) is 11.0. The minimum Gasteiger partial charge on any atom is -0.392 e. The van der Waals surface area contributed by atoms with Crippen molar-refractivity contribution in [1.29, 1.82) is 0 Å². The van der Waals surface area contributed by atoms with Crippen molar-refractivity contribution >= 4 is 17.5 Å². The Morgan fingerprint density at radius 1 is 1.26 bits per heavy atom. The molecule has 3 unspecified atom stereocenters. The number of amides is 1. The molecule has 2 heterocycles. The molecule has 1 aromatic rings. The van der Waals surface area contributed by atoms with Gasteiger partial charge in [0.05, 0.1) is 18.2 Å². The van der Waals surface area contributed by atoms with Crippen molar-refractivity contribution in [2.75, 3.05) is 19.6 Å². The van der Waals surface area contributed by atoms with Crippen LogP contribution in [0.4, 0.5) is 0 Å². The Labute approximate surface area is 141 Å². The number of likely N-dealkylation sites (tertiary alicyclic amines) is 1. The molecule has 126 valence electrons. The van der Waals surface area contributed by atoms with Crippen molar-refractivity contribution in [3.8, 4) is 0 Å². The van der Waals surface area contributed by atoms with Crippen LogP contribution in [0.15, 0.2) is 24.3 Å². The highest BCUT2D eigenvalue weighted by atomic mass is 35.5. The molecule has 0 bridgehead atoms. The number of nitrogens with zero attached hydrogens (tertiary/aromatic N) is 1. The monoisotopic (exact) mass is 338 g/mol. The molecule has 2 saturated heterocycles. The van der Waals surface area contributed by atoms with E-state index in [1.807, 2.05) is 17.0 Å². The number of hydrogen-bond acceptors (Lipinski definition) is 4. The number of nitrogens with one attached hydrogen (secondary N) is 1. The molecule has 0 radical (unpaired) electrons. The molecular formula is C17H23ClN2O3. The normalized spacial score (nSPS) is 27.2. The summed E-state index contributed by atoms with van der Waals surface area (Å²) in [6, 6.07) is 7.02. The van der Waals surface area contributed by atoms with Crippen LogP contribution in [0.1, 0.15) is 30.9 Å². The third-order valence-electron chi connectivity index (χ3n) is 4.92. The summed E-state index contributed by atoms with van der Waals surface area (Å²) in [5.41, 5.74) is 0.875. The van der Waals surface area contributed by atoms with Crippen molar-refractivity contribution in [2.45, 2.75) is 37.5 Å². The molecule has 0 aliphatic carbocycles. The van der Waals surface area contributed by atoms with Crippen LogP contribution < -0.4 is 5.32 Å². The number of carbonyl (C=O) groups is 1. The summed E-state index contributed by atoms with van der Waals surface area (Å²) in [6.45, 7) is 1.80. The smallest absolute Gasteiger partial charge is 0.239 e. The molecule has 3 N–H and O–H groups in total. The summed E-state index contributed by atoms with van der Waals surface area (Å²) in [4.78, 5) is 14.3. The lowest BCUT2D eigenvalue weighted by Gasteiger charge is -2.35. The largest absolute Gasteiger partial charge is 0.392 e. The average Bonchev–Trinajstić information content (AvgIpc) is 3.01. The topological polar surface area (TPSA) is 72.8 Å². The number of aliphatic hydroxyl groups is 2. The van der Waals surface area contributed by atoms with Crippen LogP contribution in [-0.4, -0.2) is 52.8 Å². The maximum Gasteiger partial charge on any atom is 0.239 e. The van der Waals surface area contributed by atoms with Crippen molar-refractivity contribution in [3.05, 3.63) is 34.9 Å². The highest BCUT2D eigenvalue weighted by Gasteiger charge is 2.34. The summed E-state index contributed by atoms with van der Waals surface area (Å²) < 4.78 is 0. The van der Waals surface area contributed by atoms with E-state index in [-0.39, 0.29) is 17.9 Å². The van der Waals surface area contributed by atoms with Gasteiger partial charge in [-0.3, -0.25) is 4.79 Å². The third-order valence-corrected chi connectivity index (χ3v) is 5.17. The second-order valence-electron chi connectivity index (χ2n) is 6.51. The fourth-order valence-corrected chi connectivity index (χ4v) is 3.62. The van der Waals surface area contributed by atoms with Crippen LogP contribution in [-0.2, 0) is 4.79 Å². The maximum absolute atomic E-state index is 12.4. The average molecular weight is 339 g/mol. The standard InChI is InChI=1S/C17H23ClN2O3/c18-13-3-1-11(2-4-13)16(22)12-5-7-20(8-6-12)17(23)15-9-14(21)10-19-15/h1-4,12,14-16,19,21-22H,5-10H2. The fraction of sp³-hybridized carbons (Fsp3) is 0.588. The lowest BCUT2D eigenvalue weighted by atomic mass is 9.87. The second kappa shape index (κ2) is 7.18. The zero-order valence-corrected chi connectivity index (χ0v) is 13.7. The van der Waals surface area contributed by atoms with Gasteiger partial charge in [0.2, 0.25) is 5.91 Å². The Hall–Kier alpha value is -1.14. The molecule has 6 heteroatoms. The van der Waals surface area contributed by atoms with Crippen molar-refractivity contribution < 1.29 is 15.0 Å². The van der Waals surface area contributed by atoms with Gasteiger partial charge in [-0.1, -0.05) is 23.7 Å². The number of hydrogen-bond donors (Lipinski definition) is 3. The first-order valence-electron chi connectivity index (χ1n) is 8.18. The number of carbonyl (C=O) groups excluding carboxylic acids is 1. The van der Waals surface area contributed by atoms with Gasteiger partial charge < -0.3 is 20.4 Å². The van der Waals surface area contributed by atoms with E-state index in [9.17, 15) is 15.0 Å². The number of benzene rings is 1. The molecule has 1 amide bonds. The van der Waals surface area contributed by atoms with Crippen LogP contribution in [0.3, 0.4) is 0 Å².